The van der Waals surface area contributed by atoms with Gasteiger partial charge in [0.05, 0.1) is 17.6 Å². The Hall–Kier alpha value is -1.85. The van der Waals surface area contributed by atoms with Crippen molar-refractivity contribution in [3.05, 3.63) is 47.3 Å². The summed E-state index contributed by atoms with van der Waals surface area (Å²) in [5, 5.41) is 6.94. The lowest BCUT2D eigenvalue weighted by atomic mass is 10.1. The van der Waals surface area contributed by atoms with Crippen LogP contribution in [0.3, 0.4) is 0 Å². The predicted octanol–water partition coefficient (Wildman–Crippen LogP) is 1.90. The molecule has 0 atom stereocenters. The average molecular weight is 295 g/mol. The van der Waals surface area contributed by atoms with Crippen LogP contribution in [0.1, 0.15) is 21.6 Å². The topological polar surface area (TPSA) is 72.9 Å². The summed E-state index contributed by atoms with van der Waals surface area (Å²) in [6.07, 6.45) is 2.47. The normalized spacial score (nSPS) is 9.95. The third-order valence-corrected chi connectivity index (χ3v) is 3.13. The molecule has 2 aromatic rings. The van der Waals surface area contributed by atoms with Gasteiger partial charge in [0.1, 0.15) is 0 Å². The van der Waals surface area contributed by atoms with Gasteiger partial charge in [0, 0.05) is 12.6 Å². The monoisotopic (exact) mass is 294 g/mol. The number of anilines is 1. The zero-order valence-corrected chi connectivity index (χ0v) is 12.4. The number of halogens is 1. The number of amides is 1. The molecule has 5 nitrogen and oxygen atoms in total. The molecule has 0 spiro atoms. The number of rotatable bonds is 4. The molecule has 0 bridgehead atoms. The van der Waals surface area contributed by atoms with E-state index in [0.717, 1.165) is 23.4 Å². The maximum Gasteiger partial charge on any atom is 0.255 e. The van der Waals surface area contributed by atoms with Crippen molar-refractivity contribution in [1.29, 1.82) is 0 Å². The van der Waals surface area contributed by atoms with E-state index in [0.29, 0.717) is 12.1 Å². The van der Waals surface area contributed by atoms with E-state index >= 15 is 0 Å². The van der Waals surface area contributed by atoms with E-state index in [-0.39, 0.29) is 18.3 Å². The summed E-state index contributed by atoms with van der Waals surface area (Å²) in [6, 6.07) is 7.48. The van der Waals surface area contributed by atoms with Gasteiger partial charge < -0.3 is 11.1 Å². The fraction of sp³-hybridized carbons (Fsp3) is 0.286. The van der Waals surface area contributed by atoms with E-state index in [1.807, 2.05) is 38.2 Å². The van der Waals surface area contributed by atoms with Crippen molar-refractivity contribution in [1.82, 2.24) is 9.78 Å². The first-order valence-corrected chi connectivity index (χ1v) is 6.20. The van der Waals surface area contributed by atoms with Crippen molar-refractivity contribution >= 4 is 24.0 Å². The molecule has 1 amide bonds. The minimum Gasteiger partial charge on any atom is -0.330 e. The van der Waals surface area contributed by atoms with E-state index in [4.69, 9.17) is 5.73 Å². The van der Waals surface area contributed by atoms with Gasteiger partial charge in [0.15, 0.2) is 0 Å². The summed E-state index contributed by atoms with van der Waals surface area (Å²) in [7, 11) is 1.84. The number of benzene rings is 1. The Labute approximate surface area is 124 Å². The lowest BCUT2D eigenvalue weighted by Crippen LogP contribution is -2.12. The maximum atomic E-state index is 12.1. The molecule has 0 fully saturated rings. The van der Waals surface area contributed by atoms with Gasteiger partial charge in [-0.1, -0.05) is 12.1 Å². The van der Waals surface area contributed by atoms with Crippen molar-refractivity contribution < 1.29 is 4.79 Å². The van der Waals surface area contributed by atoms with Crippen LogP contribution in [0.4, 0.5) is 5.69 Å². The molecule has 0 aliphatic rings. The van der Waals surface area contributed by atoms with Crippen LogP contribution in [-0.2, 0) is 13.5 Å². The van der Waals surface area contributed by atoms with Gasteiger partial charge in [0.25, 0.3) is 5.91 Å². The van der Waals surface area contributed by atoms with E-state index in [9.17, 15) is 4.79 Å². The van der Waals surface area contributed by atoms with E-state index in [1.54, 1.807) is 10.9 Å². The minimum absolute atomic E-state index is 0. The zero-order valence-electron chi connectivity index (χ0n) is 11.6. The van der Waals surface area contributed by atoms with E-state index < -0.39 is 0 Å². The van der Waals surface area contributed by atoms with Crippen molar-refractivity contribution in [2.45, 2.75) is 13.3 Å². The average Bonchev–Trinajstić information content (AvgIpc) is 2.72. The summed E-state index contributed by atoms with van der Waals surface area (Å²) < 4.78 is 1.72. The number of nitrogens with two attached hydrogens (primary N) is 1. The van der Waals surface area contributed by atoms with Gasteiger partial charge in [-0.2, -0.15) is 5.10 Å². The molecule has 1 aromatic carbocycles. The molecule has 0 saturated carbocycles. The van der Waals surface area contributed by atoms with E-state index in [2.05, 4.69) is 10.4 Å². The Kier molecular flexibility index (Phi) is 5.73. The van der Waals surface area contributed by atoms with Crippen LogP contribution in [0.25, 0.3) is 0 Å². The van der Waals surface area contributed by atoms with Gasteiger partial charge in [-0.05, 0) is 37.6 Å². The Balaban J connectivity index is 0.00000200. The number of aryl methyl sites for hydroxylation is 1. The largest absolute Gasteiger partial charge is 0.330 e. The van der Waals surface area contributed by atoms with Crippen molar-refractivity contribution in [2.24, 2.45) is 12.8 Å². The van der Waals surface area contributed by atoms with Crippen LogP contribution < -0.4 is 11.1 Å². The SMILES string of the molecule is Cc1c(NC(=O)c2ccc(CCN)cc2)cnn1C.Cl. The summed E-state index contributed by atoms with van der Waals surface area (Å²) in [6.45, 7) is 2.52. The molecule has 108 valence electrons. The first-order valence-electron chi connectivity index (χ1n) is 6.20. The number of hydrogen-bond donors (Lipinski definition) is 2. The quantitative estimate of drug-likeness (QED) is 0.904. The summed E-state index contributed by atoms with van der Waals surface area (Å²) in [5.74, 6) is -0.129. The van der Waals surface area contributed by atoms with Crippen LogP contribution in [0, 0.1) is 6.92 Å². The Morgan fingerprint density at radius 2 is 2.00 bits per heavy atom. The van der Waals surface area contributed by atoms with Crippen molar-refractivity contribution in [3.8, 4) is 0 Å². The fourth-order valence-corrected chi connectivity index (χ4v) is 1.81. The second-order valence-corrected chi connectivity index (χ2v) is 4.46. The molecule has 20 heavy (non-hydrogen) atoms. The number of carbonyl (C=O) groups is 1. The van der Waals surface area contributed by atoms with Gasteiger partial charge in [-0.3, -0.25) is 9.48 Å². The third-order valence-electron chi connectivity index (χ3n) is 3.13. The van der Waals surface area contributed by atoms with Crippen LogP contribution in [-0.4, -0.2) is 22.2 Å². The molecule has 1 aromatic heterocycles. The summed E-state index contributed by atoms with van der Waals surface area (Å²) >= 11 is 0. The summed E-state index contributed by atoms with van der Waals surface area (Å²) in [5.41, 5.74) is 8.91. The highest BCUT2D eigenvalue weighted by Crippen LogP contribution is 2.14. The zero-order chi connectivity index (χ0) is 13.8. The van der Waals surface area contributed by atoms with Crippen LogP contribution in [0.15, 0.2) is 30.5 Å². The molecule has 0 unspecified atom stereocenters. The highest BCUT2D eigenvalue weighted by molar-refractivity contribution is 6.04. The lowest BCUT2D eigenvalue weighted by molar-refractivity contribution is 0.102. The molecule has 0 aliphatic heterocycles. The van der Waals surface area contributed by atoms with Gasteiger partial charge >= 0.3 is 0 Å². The smallest absolute Gasteiger partial charge is 0.255 e. The van der Waals surface area contributed by atoms with Gasteiger partial charge in [-0.15, -0.1) is 12.4 Å². The van der Waals surface area contributed by atoms with Crippen molar-refractivity contribution in [2.75, 3.05) is 11.9 Å². The summed E-state index contributed by atoms with van der Waals surface area (Å²) in [4.78, 5) is 12.1. The Morgan fingerprint density at radius 1 is 1.35 bits per heavy atom. The molecular formula is C14H19ClN4O. The Bertz CT molecular complexity index is 577. The molecule has 0 aliphatic carbocycles. The molecule has 2 rings (SSSR count). The van der Waals surface area contributed by atoms with Crippen LogP contribution in [0.5, 0.6) is 0 Å². The second-order valence-electron chi connectivity index (χ2n) is 4.46. The molecular weight excluding hydrogens is 276 g/mol. The second kappa shape index (κ2) is 7.07. The standard InChI is InChI=1S/C14H18N4O.ClH/c1-10-13(9-16-18(10)2)17-14(19)12-5-3-11(4-6-12)7-8-15;/h3-6,9H,7-8,15H2,1-2H3,(H,17,19);1H. The molecule has 0 radical (unpaired) electrons. The predicted molar refractivity (Wildman–Crippen MR) is 82.3 cm³/mol. The number of nitrogens with one attached hydrogen (secondary N) is 1. The molecule has 3 N–H and O–H groups in total. The minimum atomic E-state index is -0.129. The Morgan fingerprint density at radius 3 is 2.50 bits per heavy atom. The van der Waals surface area contributed by atoms with Crippen molar-refractivity contribution in [3.63, 3.8) is 0 Å². The maximum absolute atomic E-state index is 12.1. The number of nitrogens with zero attached hydrogens (tertiary/aromatic N) is 2. The molecule has 6 heteroatoms. The molecule has 0 saturated heterocycles. The first kappa shape index (κ1) is 16.2. The fourth-order valence-electron chi connectivity index (χ4n) is 1.81. The van der Waals surface area contributed by atoms with Gasteiger partial charge in [0.2, 0.25) is 0 Å². The van der Waals surface area contributed by atoms with Crippen LogP contribution in [0.2, 0.25) is 0 Å². The highest BCUT2D eigenvalue weighted by Gasteiger charge is 2.09. The number of aromatic nitrogens is 2. The van der Waals surface area contributed by atoms with Crippen LogP contribution >= 0.6 is 12.4 Å². The highest BCUT2D eigenvalue weighted by atomic mass is 35.5. The van der Waals surface area contributed by atoms with E-state index in [1.165, 1.54) is 0 Å². The molecule has 1 heterocycles. The lowest BCUT2D eigenvalue weighted by Gasteiger charge is -2.05. The van der Waals surface area contributed by atoms with Gasteiger partial charge in [-0.25, -0.2) is 0 Å². The first-order chi connectivity index (χ1) is 9.11. The number of hydrogen-bond acceptors (Lipinski definition) is 3. The number of carbonyl (C=O) groups excluding carboxylic acids is 1. The third kappa shape index (κ3) is 3.59.